The van der Waals surface area contributed by atoms with E-state index in [-0.39, 0.29) is 6.04 Å². The van der Waals surface area contributed by atoms with Crippen LogP contribution in [0.1, 0.15) is 17.3 Å². The Morgan fingerprint density at radius 2 is 1.94 bits per heavy atom. The minimum Gasteiger partial charge on any atom is -0.311 e. The molecule has 1 aromatic heterocycles. The molecule has 94 valence electrons. The molecule has 1 unspecified atom stereocenters. The van der Waals surface area contributed by atoms with Crippen LogP contribution < -0.4 is 5.32 Å². The Balaban J connectivity index is 2.14. The molecular weight excluding hydrogens is 359 g/mol. The first-order valence-corrected chi connectivity index (χ1v) is 7.18. The lowest BCUT2D eigenvalue weighted by Crippen LogP contribution is -2.19. The van der Waals surface area contributed by atoms with Gasteiger partial charge in [0.2, 0.25) is 0 Å². The van der Waals surface area contributed by atoms with Gasteiger partial charge in [0.15, 0.2) is 0 Å². The zero-order chi connectivity index (χ0) is 13.0. The molecule has 0 bridgehead atoms. The van der Waals surface area contributed by atoms with E-state index in [9.17, 15) is 0 Å². The van der Waals surface area contributed by atoms with Gasteiger partial charge < -0.3 is 5.32 Å². The average Bonchev–Trinajstić information content (AvgIpc) is 2.39. The molecule has 0 aliphatic carbocycles. The third-order valence-electron chi connectivity index (χ3n) is 2.81. The summed E-state index contributed by atoms with van der Waals surface area (Å²) in [4.78, 5) is 4.37. The molecule has 0 saturated carbocycles. The van der Waals surface area contributed by atoms with Crippen molar-refractivity contribution in [3.63, 3.8) is 0 Å². The molecule has 0 fully saturated rings. The van der Waals surface area contributed by atoms with Crippen molar-refractivity contribution < 1.29 is 0 Å². The van der Waals surface area contributed by atoms with Gasteiger partial charge in [-0.25, -0.2) is 0 Å². The SMILES string of the molecule is CNC(Cc1ccc(I)cc1)c1ccc(Cl)cn1. The molecular formula is C14H14ClIN2. The van der Waals surface area contributed by atoms with Gasteiger partial charge in [0.25, 0.3) is 0 Å². The molecule has 1 atom stereocenters. The Morgan fingerprint density at radius 3 is 2.50 bits per heavy atom. The number of hydrogen-bond acceptors (Lipinski definition) is 2. The van der Waals surface area contributed by atoms with Crippen LogP contribution in [-0.2, 0) is 6.42 Å². The maximum atomic E-state index is 5.85. The Kier molecular flexibility index (Phi) is 4.97. The lowest BCUT2D eigenvalue weighted by molar-refractivity contribution is 0.576. The summed E-state index contributed by atoms with van der Waals surface area (Å²) in [5, 5.41) is 3.96. The minimum absolute atomic E-state index is 0.210. The molecule has 1 heterocycles. The number of nitrogens with one attached hydrogen (secondary N) is 1. The van der Waals surface area contributed by atoms with Crippen molar-refractivity contribution in [3.05, 3.63) is 62.4 Å². The Hall–Kier alpha value is -0.650. The highest BCUT2D eigenvalue weighted by molar-refractivity contribution is 14.1. The number of hydrogen-bond donors (Lipinski definition) is 1. The van der Waals surface area contributed by atoms with Gasteiger partial charge in [0, 0.05) is 9.77 Å². The largest absolute Gasteiger partial charge is 0.311 e. The van der Waals surface area contributed by atoms with Gasteiger partial charge in [-0.05, 0) is 65.9 Å². The van der Waals surface area contributed by atoms with Gasteiger partial charge in [-0.3, -0.25) is 4.98 Å². The topological polar surface area (TPSA) is 24.9 Å². The van der Waals surface area contributed by atoms with E-state index in [1.54, 1.807) is 6.20 Å². The van der Waals surface area contributed by atoms with Gasteiger partial charge in [-0.15, -0.1) is 0 Å². The van der Waals surface area contributed by atoms with Crippen LogP contribution in [0.5, 0.6) is 0 Å². The third-order valence-corrected chi connectivity index (χ3v) is 3.75. The highest BCUT2D eigenvalue weighted by Gasteiger charge is 2.11. The number of aromatic nitrogens is 1. The fraction of sp³-hybridized carbons (Fsp3) is 0.214. The second-order valence-corrected chi connectivity index (χ2v) is 5.76. The zero-order valence-corrected chi connectivity index (χ0v) is 12.9. The summed E-state index contributed by atoms with van der Waals surface area (Å²) in [6, 6.07) is 12.6. The van der Waals surface area contributed by atoms with E-state index in [1.807, 2.05) is 19.2 Å². The predicted octanol–water partition coefficient (Wildman–Crippen LogP) is 3.84. The summed E-state index contributed by atoms with van der Waals surface area (Å²) < 4.78 is 1.25. The lowest BCUT2D eigenvalue weighted by atomic mass is 10.0. The van der Waals surface area contributed by atoms with E-state index < -0.39 is 0 Å². The van der Waals surface area contributed by atoms with Crippen LogP contribution in [0.2, 0.25) is 5.02 Å². The minimum atomic E-state index is 0.210. The van der Waals surface area contributed by atoms with E-state index in [2.05, 4.69) is 57.2 Å². The van der Waals surface area contributed by atoms with Crippen LogP contribution >= 0.6 is 34.2 Å². The van der Waals surface area contributed by atoms with E-state index in [4.69, 9.17) is 11.6 Å². The number of pyridine rings is 1. The second kappa shape index (κ2) is 6.50. The van der Waals surface area contributed by atoms with Crippen LogP contribution in [0, 0.1) is 3.57 Å². The van der Waals surface area contributed by atoms with Crippen LogP contribution in [0.4, 0.5) is 0 Å². The summed E-state index contributed by atoms with van der Waals surface area (Å²) in [6.07, 6.45) is 2.61. The first-order chi connectivity index (χ1) is 8.69. The summed E-state index contributed by atoms with van der Waals surface area (Å²) in [6.45, 7) is 0. The maximum absolute atomic E-state index is 5.85. The van der Waals surface area contributed by atoms with Gasteiger partial charge >= 0.3 is 0 Å². The smallest absolute Gasteiger partial charge is 0.0589 e. The standard InChI is InChI=1S/C14H14ClIN2/c1-17-14(13-7-4-11(15)9-18-13)8-10-2-5-12(16)6-3-10/h2-7,9,14,17H,8H2,1H3. The fourth-order valence-electron chi connectivity index (χ4n) is 1.80. The molecule has 0 aliphatic heterocycles. The normalized spacial score (nSPS) is 12.4. The zero-order valence-electron chi connectivity index (χ0n) is 10.0. The second-order valence-electron chi connectivity index (χ2n) is 4.07. The van der Waals surface area contributed by atoms with Crippen LogP contribution in [0.3, 0.4) is 0 Å². The lowest BCUT2D eigenvalue weighted by Gasteiger charge is -2.15. The number of likely N-dealkylation sites (N-methyl/N-ethyl adjacent to an activating group) is 1. The highest BCUT2D eigenvalue weighted by Crippen LogP contribution is 2.18. The molecule has 1 aromatic carbocycles. The van der Waals surface area contributed by atoms with Gasteiger partial charge in [-0.1, -0.05) is 23.7 Å². The Morgan fingerprint density at radius 1 is 1.22 bits per heavy atom. The number of nitrogens with zero attached hydrogens (tertiary/aromatic N) is 1. The van der Waals surface area contributed by atoms with E-state index in [0.717, 1.165) is 12.1 Å². The molecule has 0 radical (unpaired) electrons. The molecule has 2 rings (SSSR count). The quantitative estimate of drug-likeness (QED) is 0.825. The van der Waals surface area contributed by atoms with Crippen molar-refractivity contribution in [2.75, 3.05) is 7.05 Å². The first-order valence-electron chi connectivity index (χ1n) is 5.72. The Bertz CT molecular complexity index is 496. The third kappa shape index (κ3) is 3.67. The van der Waals surface area contributed by atoms with Crippen molar-refractivity contribution in [1.82, 2.24) is 10.3 Å². The Labute approximate surface area is 126 Å². The van der Waals surface area contributed by atoms with Crippen LogP contribution in [-0.4, -0.2) is 12.0 Å². The molecule has 2 nitrogen and oxygen atoms in total. The van der Waals surface area contributed by atoms with Crippen molar-refractivity contribution in [2.45, 2.75) is 12.5 Å². The number of rotatable bonds is 4. The average molecular weight is 373 g/mol. The number of benzene rings is 1. The van der Waals surface area contributed by atoms with E-state index in [0.29, 0.717) is 5.02 Å². The molecule has 1 N–H and O–H groups in total. The molecule has 2 aromatic rings. The van der Waals surface area contributed by atoms with Gasteiger partial charge in [-0.2, -0.15) is 0 Å². The fourth-order valence-corrected chi connectivity index (χ4v) is 2.28. The summed E-state index contributed by atoms with van der Waals surface area (Å²) >= 11 is 8.17. The van der Waals surface area contributed by atoms with Crippen molar-refractivity contribution in [2.24, 2.45) is 0 Å². The summed E-state index contributed by atoms with van der Waals surface area (Å²) in [5.41, 5.74) is 2.31. The van der Waals surface area contributed by atoms with Gasteiger partial charge in [0.1, 0.15) is 0 Å². The highest BCUT2D eigenvalue weighted by atomic mass is 127. The molecule has 18 heavy (non-hydrogen) atoms. The van der Waals surface area contributed by atoms with Gasteiger partial charge in [0.05, 0.1) is 16.8 Å². The molecule has 4 heteroatoms. The van der Waals surface area contributed by atoms with Crippen molar-refractivity contribution in [1.29, 1.82) is 0 Å². The first kappa shape index (κ1) is 13.8. The molecule has 0 spiro atoms. The number of halogens is 2. The molecule has 0 amide bonds. The summed E-state index contributed by atoms with van der Waals surface area (Å²) in [5.74, 6) is 0. The molecule has 0 aliphatic rings. The van der Waals surface area contributed by atoms with Crippen molar-refractivity contribution >= 4 is 34.2 Å². The predicted molar refractivity (Wildman–Crippen MR) is 83.9 cm³/mol. The van der Waals surface area contributed by atoms with Crippen LogP contribution in [0.25, 0.3) is 0 Å². The molecule has 0 saturated heterocycles. The van der Waals surface area contributed by atoms with E-state index >= 15 is 0 Å². The summed E-state index contributed by atoms with van der Waals surface area (Å²) in [7, 11) is 1.95. The monoisotopic (exact) mass is 372 g/mol. The van der Waals surface area contributed by atoms with Crippen LogP contribution in [0.15, 0.2) is 42.6 Å². The van der Waals surface area contributed by atoms with Crippen molar-refractivity contribution in [3.8, 4) is 0 Å². The van der Waals surface area contributed by atoms with E-state index in [1.165, 1.54) is 9.13 Å². The maximum Gasteiger partial charge on any atom is 0.0589 e.